The van der Waals surface area contributed by atoms with Crippen molar-refractivity contribution >= 4 is 17.7 Å². The van der Waals surface area contributed by atoms with Crippen molar-refractivity contribution < 1.29 is 23.7 Å². The quantitative estimate of drug-likeness (QED) is 0.831. The molecule has 1 aliphatic carbocycles. The Morgan fingerprint density at radius 2 is 2.00 bits per heavy atom. The summed E-state index contributed by atoms with van der Waals surface area (Å²) in [7, 11) is 0. The first-order valence-corrected chi connectivity index (χ1v) is 8.65. The Hall–Kier alpha value is -3.20. The zero-order chi connectivity index (χ0) is 19.0. The van der Waals surface area contributed by atoms with Gasteiger partial charge in [-0.2, -0.15) is 0 Å². The third-order valence-corrected chi connectivity index (χ3v) is 4.67. The van der Waals surface area contributed by atoms with Gasteiger partial charge in [-0.25, -0.2) is 10.3 Å². The molecule has 4 rings (SSSR count). The van der Waals surface area contributed by atoms with E-state index in [1.165, 1.54) is 0 Å². The van der Waals surface area contributed by atoms with E-state index in [2.05, 4.69) is 15.9 Å². The molecule has 1 saturated heterocycles. The highest BCUT2D eigenvalue weighted by Gasteiger charge is 2.42. The third-order valence-electron chi connectivity index (χ3n) is 4.67. The maximum absolute atomic E-state index is 12.3. The highest BCUT2D eigenvalue weighted by Crippen LogP contribution is 2.30. The first-order chi connectivity index (χ1) is 13.0. The SMILES string of the molecule is C[C@H]1ON(C(=O)C2CC(NC(=O)c3cc(-c4ccccc4)no3)C2)NC1=O. The van der Waals surface area contributed by atoms with Crippen LogP contribution in [-0.4, -0.2) is 40.2 Å². The van der Waals surface area contributed by atoms with Gasteiger partial charge in [-0.3, -0.25) is 14.4 Å². The number of hydroxylamine groups is 1. The van der Waals surface area contributed by atoms with Gasteiger partial charge in [0.1, 0.15) is 5.69 Å². The molecule has 0 spiro atoms. The van der Waals surface area contributed by atoms with Gasteiger partial charge in [0.15, 0.2) is 6.10 Å². The van der Waals surface area contributed by atoms with Gasteiger partial charge in [-0.15, -0.1) is 5.17 Å². The molecule has 1 saturated carbocycles. The Morgan fingerprint density at radius 3 is 2.67 bits per heavy atom. The highest BCUT2D eigenvalue weighted by atomic mass is 16.7. The van der Waals surface area contributed by atoms with E-state index >= 15 is 0 Å². The molecule has 1 atom stereocenters. The summed E-state index contributed by atoms with van der Waals surface area (Å²) in [6.45, 7) is 1.56. The summed E-state index contributed by atoms with van der Waals surface area (Å²) >= 11 is 0. The average molecular weight is 370 g/mol. The summed E-state index contributed by atoms with van der Waals surface area (Å²) in [4.78, 5) is 41.0. The predicted octanol–water partition coefficient (Wildman–Crippen LogP) is 1.04. The van der Waals surface area contributed by atoms with Gasteiger partial charge >= 0.3 is 0 Å². The number of carbonyl (C=O) groups is 3. The summed E-state index contributed by atoms with van der Waals surface area (Å²) in [5, 5.41) is 7.62. The maximum Gasteiger partial charge on any atom is 0.290 e. The Balaban J connectivity index is 1.29. The first-order valence-electron chi connectivity index (χ1n) is 8.65. The van der Waals surface area contributed by atoms with Crippen LogP contribution >= 0.6 is 0 Å². The van der Waals surface area contributed by atoms with Crippen LogP contribution in [0.2, 0.25) is 0 Å². The lowest BCUT2D eigenvalue weighted by Crippen LogP contribution is -2.51. The molecule has 9 nitrogen and oxygen atoms in total. The standard InChI is InChI=1S/C18H18N4O5/c1-10-16(23)20-22(27-10)18(25)12-7-13(8-12)19-17(24)15-9-14(21-26-15)11-5-3-2-4-6-11/h2-6,9-10,12-13H,7-8H2,1H3,(H,19,24)(H,20,23)/t10-,12?,13?/m1/s1. The third kappa shape index (κ3) is 3.41. The number of benzene rings is 1. The zero-order valence-corrected chi connectivity index (χ0v) is 14.5. The van der Waals surface area contributed by atoms with Crippen LogP contribution in [0.3, 0.4) is 0 Å². The molecule has 2 aliphatic rings. The lowest BCUT2D eigenvalue weighted by atomic mass is 9.79. The van der Waals surface area contributed by atoms with Crippen molar-refractivity contribution in [3.63, 3.8) is 0 Å². The van der Waals surface area contributed by atoms with Crippen molar-refractivity contribution in [3.8, 4) is 11.3 Å². The van der Waals surface area contributed by atoms with E-state index in [9.17, 15) is 14.4 Å². The molecule has 9 heteroatoms. The number of carbonyl (C=O) groups excluding carboxylic acids is 3. The van der Waals surface area contributed by atoms with Crippen LogP contribution in [0.5, 0.6) is 0 Å². The predicted molar refractivity (Wildman–Crippen MR) is 91.5 cm³/mol. The molecule has 0 radical (unpaired) electrons. The van der Waals surface area contributed by atoms with E-state index < -0.39 is 6.10 Å². The van der Waals surface area contributed by atoms with E-state index in [0.717, 1.165) is 10.7 Å². The molecule has 2 heterocycles. The summed E-state index contributed by atoms with van der Waals surface area (Å²) in [5.41, 5.74) is 3.80. The van der Waals surface area contributed by atoms with Crippen molar-refractivity contribution in [1.29, 1.82) is 0 Å². The van der Waals surface area contributed by atoms with Crippen LogP contribution in [-0.2, 0) is 14.4 Å². The second kappa shape index (κ2) is 6.84. The fraction of sp³-hybridized carbons (Fsp3) is 0.333. The number of hydrogen-bond acceptors (Lipinski definition) is 6. The summed E-state index contributed by atoms with van der Waals surface area (Å²) < 4.78 is 5.12. The molecule has 3 amide bonds. The molecule has 1 aromatic carbocycles. The Kier molecular flexibility index (Phi) is 4.36. The van der Waals surface area contributed by atoms with Crippen molar-refractivity contribution in [1.82, 2.24) is 21.1 Å². The Labute approximate surface area is 154 Å². The number of hydrogen-bond donors (Lipinski definition) is 2. The number of nitrogens with zero attached hydrogens (tertiary/aromatic N) is 2. The number of aromatic nitrogens is 1. The monoisotopic (exact) mass is 370 g/mol. The van der Waals surface area contributed by atoms with Crippen LogP contribution < -0.4 is 10.7 Å². The molecule has 0 bridgehead atoms. The lowest BCUT2D eigenvalue weighted by molar-refractivity contribution is -0.197. The van der Waals surface area contributed by atoms with Gasteiger partial charge in [-0.05, 0) is 19.8 Å². The van der Waals surface area contributed by atoms with Gasteiger partial charge in [0.2, 0.25) is 5.76 Å². The Bertz CT molecular complexity index is 875. The van der Waals surface area contributed by atoms with Gasteiger partial charge in [0, 0.05) is 23.6 Å². The zero-order valence-electron chi connectivity index (χ0n) is 14.5. The molecule has 0 unspecified atom stereocenters. The van der Waals surface area contributed by atoms with Crippen LogP contribution in [0, 0.1) is 5.92 Å². The second-order valence-electron chi connectivity index (χ2n) is 6.64. The highest BCUT2D eigenvalue weighted by molar-refractivity contribution is 5.93. The molecule has 27 heavy (non-hydrogen) atoms. The summed E-state index contributed by atoms with van der Waals surface area (Å²) in [5.74, 6) is -1.24. The fourth-order valence-electron chi connectivity index (χ4n) is 3.02. The molecule has 140 valence electrons. The van der Waals surface area contributed by atoms with Crippen molar-refractivity contribution in [2.24, 2.45) is 5.92 Å². The van der Waals surface area contributed by atoms with E-state index in [0.29, 0.717) is 18.5 Å². The lowest BCUT2D eigenvalue weighted by Gasteiger charge is -2.35. The normalized spacial score (nSPS) is 24.3. The molecule has 2 fully saturated rings. The van der Waals surface area contributed by atoms with E-state index in [-0.39, 0.29) is 35.4 Å². The molecule has 2 N–H and O–H groups in total. The first kappa shape index (κ1) is 17.2. The summed E-state index contributed by atoms with van der Waals surface area (Å²) in [6, 6.07) is 10.8. The Morgan fingerprint density at radius 1 is 1.26 bits per heavy atom. The van der Waals surface area contributed by atoms with E-state index in [1.54, 1.807) is 13.0 Å². The van der Waals surface area contributed by atoms with Crippen LogP contribution in [0.1, 0.15) is 30.3 Å². The number of amides is 3. The smallest absolute Gasteiger partial charge is 0.290 e. The minimum Gasteiger partial charge on any atom is -0.350 e. The van der Waals surface area contributed by atoms with E-state index in [1.807, 2.05) is 30.3 Å². The number of hydrazine groups is 1. The molecular weight excluding hydrogens is 352 g/mol. The average Bonchev–Trinajstić information content (AvgIpc) is 3.25. The van der Waals surface area contributed by atoms with Crippen LogP contribution in [0.4, 0.5) is 0 Å². The maximum atomic E-state index is 12.3. The van der Waals surface area contributed by atoms with Crippen molar-refractivity contribution in [2.45, 2.75) is 31.9 Å². The van der Waals surface area contributed by atoms with Crippen molar-refractivity contribution in [2.75, 3.05) is 0 Å². The molecule has 1 aromatic heterocycles. The van der Waals surface area contributed by atoms with Crippen molar-refractivity contribution in [3.05, 3.63) is 42.2 Å². The summed E-state index contributed by atoms with van der Waals surface area (Å²) in [6.07, 6.45) is 0.248. The molecular formula is C18H18N4O5. The fourth-order valence-corrected chi connectivity index (χ4v) is 3.02. The molecule has 2 aromatic rings. The number of rotatable bonds is 4. The van der Waals surface area contributed by atoms with Gasteiger partial charge in [0.25, 0.3) is 17.7 Å². The van der Waals surface area contributed by atoms with Gasteiger partial charge < -0.3 is 9.84 Å². The topological polar surface area (TPSA) is 114 Å². The van der Waals surface area contributed by atoms with Crippen LogP contribution in [0.25, 0.3) is 11.3 Å². The van der Waals surface area contributed by atoms with E-state index in [4.69, 9.17) is 9.36 Å². The second-order valence-corrected chi connectivity index (χ2v) is 6.64. The van der Waals surface area contributed by atoms with Crippen LogP contribution in [0.15, 0.2) is 40.9 Å². The van der Waals surface area contributed by atoms with Gasteiger partial charge in [0.05, 0.1) is 0 Å². The minimum atomic E-state index is -0.685. The minimum absolute atomic E-state index is 0.118. The largest absolute Gasteiger partial charge is 0.350 e. The number of nitrogens with one attached hydrogen (secondary N) is 2. The molecule has 1 aliphatic heterocycles. The van der Waals surface area contributed by atoms with Gasteiger partial charge in [-0.1, -0.05) is 35.5 Å².